The normalized spacial score (nSPS) is 34.3. The van der Waals surface area contributed by atoms with Gasteiger partial charge in [-0.1, -0.05) is 26.7 Å². The van der Waals surface area contributed by atoms with Crippen molar-refractivity contribution in [1.82, 2.24) is 15.5 Å². The number of thioether (sulfide) groups is 1. The zero-order valence-electron chi connectivity index (χ0n) is 18.5. The number of aliphatic hydroxyl groups is 1. The fourth-order valence-corrected chi connectivity index (χ4v) is 8.01. The highest BCUT2D eigenvalue weighted by Crippen LogP contribution is 2.71. The van der Waals surface area contributed by atoms with Crippen molar-refractivity contribution in [3.8, 4) is 0 Å². The van der Waals surface area contributed by atoms with Gasteiger partial charge in [-0.15, -0.1) is 11.8 Å². The van der Waals surface area contributed by atoms with E-state index in [9.17, 15) is 19.5 Å². The first-order valence-corrected chi connectivity index (χ1v) is 12.3. The van der Waals surface area contributed by atoms with Crippen LogP contribution >= 0.6 is 11.8 Å². The fourth-order valence-electron chi connectivity index (χ4n) is 5.65. The highest BCUT2D eigenvalue weighted by atomic mass is 32.2. The molecule has 0 radical (unpaired) electrons. The van der Waals surface area contributed by atoms with Crippen LogP contribution in [0.2, 0.25) is 0 Å². The van der Waals surface area contributed by atoms with E-state index in [1.807, 2.05) is 6.92 Å². The monoisotopic (exact) mass is 439 g/mol. The van der Waals surface area contributed by atoms with Gasteiger partial charge in [0, 0.05) is 31.0 Å². The van der Waals surface area contributed by atoms with Crippen LogP contribution in [0, 0.1) is 11.8 Å². The molecule has 30 heavy (non-hydrogen) atoms. The lowest BCUT2D eigenvalue weighted by atomic mass is 9.66. The number of rotatable bonds is 11. The van der Waals surface area contributed by atoms with E-state index in [2.05, 4.69) is 24.5 Å². The van der Waals surface area contributed by atoms with E-state index in [-0.39, 0.29) is 29.1 Å². The van der Waals surface area contributed by atoms with Crippen molar-refractivity contribution in [3.05, 3.63) is 0 Å². The number of hydrogen-bond donors (Lipinski definition) is 3. The van der Waals surface area contributed by atoms with E-state index >= 15 is 0 Å². The van der Waals surface area contributed by atoms with Crippen LogP contribution in [-0.4, -0.2) is 69.5 Å². The molecule has 0 aromatic heterocycles. The highest BCUT2D eigenvalue weighted by Gasteiger charge is 2.76. The molecule has 3 aliphatic heterocycles. The van der Waals surface area contributed by atoms with E-state index in [4.69, 9.17) is 0 Å². The Morgan fingerprint density at radius 3 is 2.50 bits per heavy atom. The van der Waals surface area contributed by atoms with E-state index < -0.39 is 22.6 Å². The minimum absolute atomic E-state index is 0.0302. The third kappa shape index (κ3) is 3.85. The molecule has 3 amide bonds. The van der Waals surface area contributed by atoms with Crippen LogP contribution in [0.25, 0.3) is 0 Å². The van der Waals surface area contributed by atoms with Gasteiger partial charge in [0.1, 0.15) is 6.04 Å². The summed E-state index contributed by atoms with van der Waals surface area (Å²) in [5, 5.41) is 15.4. The molecule has 3 fully saturated rings. The van der Waals surface area contributed by atoms with Crippen LogP contribution in [0.4, 0.5) is 0 Å². The lowest BCUT2D eigenvalue weighted by Gasteiger charge is -2.34. The van der Waals surface area contributed by atoms with Crippen LogP contribution in [0.1, 0.15) is 65.7 Å². The van der Waals surface area contributed by atoms with Gasteiger partial charge in [-0.2, -0.15) is 0 Å². The summed E-state index contributed by atoms with van der Waals surface area (Å²) in [6.07, 6.45) is 5.93. The largest absolute Gasteiger partial charge is 0.396 e. The Morgan fingerprint density at radius 2 is 1.83 bits per heavy atom. The molecule has 2 bridgehead atoms. The summed E-state index contributed by atoms with van der Waals surface area (Å²) < 4.78 is -0.869. The summed E-state index contributed by atoms with van der Waals surface area (Å²) in [7, 11) is 0. The Balaban J connectivity index is 1.89. The van der Waals surface area contributed by atoms with E-state index in [0.717, 1.165) is 38.5 Å². The molecule has 8 heteroatoms. The zero-order valence-corrected chi connectivity index (χ0v) is 19.4. The molecule has 3 saturated heterocycles. The summed E-state index contributed by atoms with van der Waals surface area (Å²) in [5.41, 5.74) is 0. The van der Waals surface area contributed by atoms with Gasteiger partial charge in [0.05, 0.1) is 16.6 Å². The number of likely N-dealkylation sites (tertiary alicyclic amines) is 1. The second-order valence-corrected chi connectivity index (χ2v) is 11.0. The SMILES string of the molecule is CCCCCNC(=O)C1N(CCCO)C(=O)[C@@H]2[C@@H](C(=O)NCCC)[C@@]3(C)CCC12S3. The fraction of sp³-hybridized carbons (Fsp3) is 0.864. The molecule has 7 nitrogen and oxygen atoms in total. The second kappa shape index (κ2) is 9.47. The molecule has 3 aliphatic rings. The molecule has 3 N–H and O–H groups in total. The topological polar surface area (TPSA) is 98.7 Å². The average molecular weight is 440 g/mol. The van der Waals surface area contributed by atoms with Crippen LogP contribution < -0.4 is 10.6 Å². The van der Waals surface area contributed by atoms with Gasteiger partial charge >= 0.3 is 0 Å². The maximum absolute atomic E-state index is 13.6. The Labute approximate surface area is 184 Å². The van der Waals surface area contributed by atoms with Crippen molar-refractivity contribution in [2.45, 2.75) is 81.3 Å². The van der Waals surface area contributed by atoms with Crippen LogP contribution in [0.5, 0.6) is 0 Å². The molecule has 0 saturated carbocycles. The third-order valence-corrected chi connectivity index (χ3v) is 8.98. The lowest BCUT2D eigenvalue weighted by molar-refractivity contribution is -0.140. The maximum Gasteiger partial charge on any atom is 0.244 e. The minimum Gasteiger partial charge on any atom is -0.396 e. The first kappa shape index (κ1) is 23.4. The molecule has 0 aromatic rings. The summed E-state index contributed by atoms with van der Waals surface area (Å²) in [6.45, 7) is 7.74. The van der Waals surface area contributed by atoms with Crippen LogP contribution in [-0.2, 0) is 14.4 Å². The van der Waals surface area contributed by atoms with Gasteiger partial charge in [0.2, 0.25) is 17.7 Å². The van der Waals surface area contributed by atoms with Gasteiger partial charge in [-0.3, -0.25) is 14.4 Å². The van der Waals surface area contributed by atoms with Crippen molar-refractivity contribution >= 4 is 29.5 Å². The molecule has 0 aliphatic carbocycles. The number of nitrogens with one attached hydrogen (secondary N) is 2. The number of fused-ring (bicyclic) bond motifs is 1. The minimum atomic E-state index is -0.570. The summed E-state index contributed by atoms with van der Waals surface area (Å²) in [4.78, 5) is 41.6. The van der Waals surface area contributed by atoms with Gasteiger partial charge in [0.25, 0.3) is 0 Å². The van der Waals surface area contributed by atoms with Crippen molar-refractivity contribution in [1.29, 1.82) is 0 Å². The quantitative estimate of drug-likeness (QED) is 0.426. The predicted octanol–water partition coefficient (Wildman–Crippen LogP) is 1.68. The molecular weight excluding hydrogens is 402 g/mol. The van der Waals surface area contributed by atoms with Crippen molar-refractivity contribution in [2.75, 3.05) is 26.2 Å². The number of carbonyl (C=O) groups excluding carboxylic acids is 3. The van der Waals surface area contributed by atoms with Crippen molar-refractivity contribution < 1.29 is 19.5 Å². The average Bonchev–Trinajstić information content (AvgIpc) is 3.28. The third-order valence-electron chi connectivity index (χ3n) is 6.99. The van der Waals surface area contributed by atoms with Crippen molar-refractivity contribution in [3.63, 3.8) is 0 Å². The van der Waals surface area contributed by atoms with Crippen LogP contribution in [0.15, 0.2) is 0 Å². The van der Waals surface area contributed by atoms with E-state index in [1.165, 1.54) is 0 Å². The van der Waals surface area contributed by atoms with Gasteiger partial charge < -0.3 is 20.6 Å². The highest BCUT2D eigenvalue weighted by molar-refractivity contribution is 8.02. The maximum atomic E-state index is 13.6. The first-order valence-electron chi connectivity index (χ1n) is 11.5. The molecule has 3 heterocycles. The Hall–Kier alpha value is -1.28. The Kier molecular flexibility index (Phi) is 7.38. The molecule has 3 rings (SSSR count). The standard InChI is InChI=1S/C22H37N3O4S/c1-4-6-7-12-24-19(28)17-22-10-9-21(3,30-22)15(18(27)23-11-5-2)16(22)20(29)25(17)13-8-14-26/h15-17,26H,4-14H2,1-3H3,(H,23,27)(H,24,28)/t15-,16-,17?,21+,22?/m0/s1. The summed E-state index contributed by atoms with van der Waals surface area (Å²) in [5.74, 6) is -1.14. The molecule has 170 valence electrons. The van der Waals surface area contributed by atoms with Gasteiger partial charge in [-0.05, 0) is 39.0 Å². The van der Waals surface area contributed by atoms with Crippen molar-refractivity contribution in [2.24, 2.45) is 11.8 Å². The molecule has 1 spiro atoms. The van der Waals surface area contributed by atoms with E-state index in [0.29, 0.717) is 26.1 Å². The number of nitrogens with zero attached hydrogens (tertiary/aromatic N) is 1. The summed E-state index contributed by atoms with van der Waals surface area (Å²) in [6, 6.07) is -0.570. The molecule has 0 aromatic carbocycles. The smallest absolute Gasteiger partial charge is 0.244 e. The first-order chi connectivity index (χ1) is 14.4. The second-order valence-electron chi connectivity index (χ2n) is 9.13. The summed E-state index contributed by atoms with van der Waals surface area (Å²) >= 11 is 1.70. The Bertz CT molecular complexity index is 675. The number of aliphatic hydroxyl groups excluding tert-OH is 1. The van der Waals surface area contributed by atoms with Gasteiger partial charge in [0.15, 0.2) is 0 Å². The number of hydrogen-bond acceptors (Lipinski definition) is 5. The van der Waals surface area contributed by atoms with E-state index in [1.54, 1.807) is 16.7 Å². The number of carbonyl (C=O) groups is 3. The molecule has 2 unspecified atom stereocenters. The zero-order chi connectivity index (χ0) is 21.9. The molecule has 5 atom stereocenters. The molecular formula is C22H37N3O4S. The van der Waals surface area contributed by atoms with Gasteiger partial charge in [-0.25, -0.2) is 0 Å². The predicted molar refractivity (Wildman–Crippen MR) is 118 cm³/mol. The Morgan fingerprint density at radius 1 is 1.10 bits per heavy atom. The lowest BCUT2D eigenvalue weighted by Crippen LogP contribution is -2.54. The number of amides is 3. The van der Waals surface area contributed by atoms with Crippen LogP contribution in [0.3, 0.4) is 0 Å². The number of unbranched alkanes of at least 4 members (excludes halogenated alkanes) is 2.